The summed E-state index contributed by atoms with van der Waals surface area (Å²) in [4.78, 5) is 8.22. The molecule has 0 aliphatic heterocycles. The Labute approximate surface area is 177 Å². The van der Waals surface area contributed by atoms with E-state index in [2.05, 4.69) is 54.4 Å². The van der Waals surface area contributed by atoms with Gasteiger partial charge in [-0.25, -0.2) is 4.98 Å². The molecule has 0 radical (unpaired) electrons. The average molecular weight is 401 g/mol. The second kappa shape index (κ2) is 9.49. The lowest BCUT2D eigenvalue weighted by Crippen LogP contribution is -1.99. The van der Waals surface area contributed by atoms with Gasteiger partial charge in [-0.05, 0) is 47.9 Å². The van der Waals surface area contributed by atoms with Crippen molar-refractivity contribution in [3.63, 3.8) is 0 Å². The average Bonchev–Trinajstić information content (AvgIpc) is 3.23. The Morgan fingerprint density at radius 1 is 0.800 bits per heavy atom. The normalized spacial score (nSPS) is 11.0. The SMILES string of the molecule is CCCCCCOc1ccc(-c2nc3ccc(-c4ccccc4)cc3[nH]2)cc1OC. The third-order valence-electron chi connectivity index (χ3n) is 5.28. The molecular weight excluding hydrogens is 372 g/mol. The van der Waals surface area contributed by atoms with E-state index >= 15 is 0 Å². The number of nitrogens with zero attached hydrogens (tertiary/aromatic N) is 1. The Bertz CT molecular complexity index is 1100. The zero-order valence-corrected chi connectivity index (χ0v) is 17.7. The van der Waals surface area contributed by atoms with Crippen LogP contribution in [0.2, 0.25) is 0 Å². The number of hydrogen-bond acceptors (Lipinski definition) is 3. The van der Waals surface area contributed by atoms with Crippen molar-refractivity contribution >= 4 is 11.0 Å². The fourth-order valence-corrected chi connectivity index (χ4v) is 3.60. The Hall–Kier alpha value is -3.27. The zero-order chi connectivity index (χ0) is 20.8. The minimum absolute atomic E-state index is 0.711. The minimum Gasteiger partial charge on any atom is -0.493 e. The fraction of sp³-hybridized carbons (Fsp3) is 0.269. The van der Waals surface area contributed by atoms with Gasteiger partial charge in [0.25, 0.3) is 0 Å². The van der Waals surface area contributed by atoms with Gasteiger partial charge in [-0.1, -0.05) is 62.6 Å². The van der Waals surface area contributed by atoms with Crippen LogP contribution >= 0.6 is 0 Å². The summed E-state index contributed by atoms with van der Waals surface area (Å²) >= 11 is 0. The maximum Gasteiger partial charge on any atom is 0.161 e. The summed E-state index contributed by atoms with van der Waals surface area (Å²) < 4.78 is 11.5. The van der Waals surface area contributed by atoms with E-state index in [1.807, 2.05) is 24.3 Å². The molecule has 0 bridgehead atoms. The summed E-state index contributed by atoms with van der Waals surface area (Å²) in [6.45, 7) is 2.92. The highest BCUT2D eigenvalue weighted by atomic mass is 16.5. The number of hydrogen-bond donors (Lipinski definition) is 1. The second-order valence-corrected chi connectivity index (χ2v) is 7.46. The largest absolute Gasteiger partial charge is 0.493 e. The number of fused-ring (bicyclic) bond motifs is 1. The molecule has 1 aromatic heterocycles. The molecule has 0 fully saturated rings. The van der Waals surface area contributed by atoms with Gasteiger partial charge < -0.3 is 14.5 Å². The Kier molecular flexibility index (Phi) is 6.33. The van der Waals surface area contributed by atoms with E-state index in [9.17, 15) is 0 Å². The third kappa shape index (κ3) is 4.48. The molecule has 1 heterocycles. The molecule has 0 unspecified atom stereocenters. The van der Waals surface area contributed by atoms with Crippen LogP contribution in [0.5, 0.6) is 11.5 Å². The van der Waals surface area contributed by atoms with Gasteiger partial charge in [0.15, 0.2) is 11.5 Å². The van der Waals surface area contributed by atoms with Crippen LogP contribution in [-0.2, 0) is 0 Å². The number of unbranched alkanes of at least 4 members (excludes halogenated alkanes) is 3. The molecule has 0 aliphatic rings. The quantitative estimate of drug-likeness (QED) is 0.312. The first-order valence-corrected chi connectivity index (χ1v) is 10.6. The lowest BCUT2D eigenvalue weighted by atomic mass is 10.1. The molecule has 154 valence electrons. The van der Waals surface area contributed by atoms with Crippen LogP contribution in [-0.4, -0.2) is 23.7 Å². The van der Waals surface area contributed by atoms with Crippen molar-refractivity contribution in [2.24, 2.45) is 0 Å². The van der Waals surface area contributed by atoms with Gasteiger partial charge in [0, 0.05) is 5.56 Å². The molecule has 0 saturated heterocycles. The van der Waals surface area contributed by atoms with E-state index in [1.54, 1.807) is 7.11 Å². The van der Waals surface area contributed by atoms with Crippen LogP contribution in [0.1, 0.15) is 32.6 Å². The summed E-state index contributed by atoms with van der Waals surface area (Å²) in [5.74, 6) is 2.33. The Morgan fingerprint density at radius 2 is 1.63 bits per heavy atom. The van der Waals surface area contributed by atoms with Gasteiger partial charge in [-0.15, -0.1) is 0 Å². The Morgan fingerprint density at radius 3 is 2.43 bits per heavy atom. The number of methoxy groups -OCH3 is 1. The first-order chi connectivity index (χ1) is 14.8. The number of benzene rings is 3. The second-order valence-electron chi connectivity index (χ2n) is 7.46. The molecule has 4 aromatic rings. The van der Waals surface area contributed by atoms with Gasteiger partial charge in [0.1, 0.15) is 5.82 Å². The van der Waals surface area contributed by atoms with Crippen molar-refractivity contribution < 1.29 is 9.47 Å². The van der Waals surface area contributed by atoms with Crippen LogP contribution in [0.4, 0.5) is 0 Å². The van der Waals surface area contributed by atoms with Crippen molar-refractivity contribution in [1.82, 2.24) is 9.97 Å². The van der Waals surface area contributed by atoms with Crippen molar-refractivity contribution in [1.29, 1.82) is 0 Å². The summed E-state index contributed by atoms with van der Waals surface area (Å²) in [6, 6.07) is 22.7. The lowest BCUT2D eigenvalue weighted by molar-refractivity contribution is 0.285. The first kappa shape index (κ1) is 20.0. The topological polar surface area (TPSA) is 47.1 Å². The van der Waals surface area contributed by atoms with Gasteiger partial charge in [-0.2, -0.15) is 0 Å². The monoisotopic (exact) mass is 400 g/mol. The Balaban J connectivity index is 1.55. The van der Waals surface area contributed by atoms with Crippen molar-refractivity contribution in [2.75, 3.05) is 13.7 Å². The predicted molar refractivity (Wildman–Crippen MR) is 123 cm³/mol. The molecule has 30 heavy (non-hydrogen) atoms. The molecule has 4 rings (SSSR count). The maximum absolute atomic E-state index is 5.93. The number of ether oxygens (including phenoxy) is 2. The number of nitrogens with one attached hydrogen (secondary N) is 1. The summed E-state index contributed by atoms with van der Waals surface area (Å²) in [5.41, 5.74) is 5.30. The van der Waals surface area contributed by atoms with E-state index in [-0.39, 0.29) is 0 Å². The van der Waals surface area contributed by atoms with Gasteiger partial charge in [-0.3, -0.25) is 0 Å². The third-order valence-corrected chi connectivity index (χ3v) is 5.28. The van der Waals surface area contributed by atoms with Gasteiger partial charge >= 0.3 is 0 Å². The predicted octanol–water partition coefficient (Wildman–Crippen LogP) is 6.86. The minimum atomic E-state index is 0.711. The summed E-state index contributed by atoms with van der Waals surface area (Å²) in [5, 5.41) is 0. The van der Waals surface area contributed by atoms with Crippen LogP contribution in [0.25, 0.3) is 33.5 Å². The fourth-order valence-electron chi connectivity index (χ4n) is 3.60. The van der Waals surface area contributed by atoms with Crippen LogP contribution in [0.15, 0.2) is 66.7 Å². The van der Waals surface area contributed by atoms with E-state index in [4.69, 9.17) is 14.5 Å². The van der Waals surface area contributed by atoms with Crippen molar-refractivity contribution in [3.05, 3.63) is 66.7 Å². The highest BCUT2D eigenvalue weighted by Crippen LogP contribution is 2.33. The molecule has 4 heteroatoms. The molecule has 0 aliphatic carbocycles. The van der Waals surface area contributed by atoms with Crippen LogP contribution < -0.4 is 9.47 Å². The highest BCUT2D eigenvalue weighted by molar-refractivity contribution is 5.84. The van der Waals surface area contributed by atoms with E-state index in [1.165, 1.54) is 30.4 Å². The summed E-state index contributed by atoms with van der Waals surface area (Å²) in [7, 11) is 1.67. The molecular formula is C26H28N2O2. The van der Waals surface area contributed by atoms with Crippen LogP contribution in [0, 0.1) is 0 Å². The number of imidazole rings is 1. The first-order valence-electron chi connectivity index (χ1n) is 10.6. The van der Waals surface area contributed by atoms with E-state index in [0.717, 1.165) is 40.3 Å². The molecule has 0 saturated carbocycles. The molecule has 0 spiro atoms. The molecule has 4 nitrogen and oxygen atoms in total. The lowest BCUT2D eigenvalue weighted by Gasteiger charge is -2.11. The smallest absolute Gasteiger partial charge is 0.161 e. The van der Waals surface area contributed by atoms with E-state index in [0.29, 0.717) is 6.61 Å². The number of aromatic nitrogens is 2. The number of aromatic amines is 1. The van der Waals surface area contributed by atoms with Gasteiger partial charge in [0.05, 0.1) is 24.8 Å². The molecule has 0 amide bonds. The van der Waals surface area contributed by atoms with Crippen molar-refractivity contribution in [2.45, 2.75) is 32.6 Å². The molecule has 3 aromatic carbocycles. The van der Waals surface area contributed by atoms with Crippen LogP contribution in [0.3, 0.4) is 0 Å². The number of rotatable bonds is 9. The molecule has 0 atom stereocenters. The highest BCUT2D eigenvalue weighted by Gasteiger charge is 2.11. The van der Waals surface area contributed by atoms with Crippen molar-refractivity contribution in [3.8, 4) is 34.0 Å². The number of H-pyrrole nitrogens is 1. The van der Waals surface area contributed by atoms with E-state index < -0.39 is 0 Å². The zero-order valence-electron chi connectivity index (χ0n) is 17.7. The standard InChI is InChI=1S/C26H28N2O2/c1-3-4-5-9-16-30-24-15-13-21(18-25(24)29-2)26-27-22-14-12-20(17-23(22)28-26)19-10-7-6-8-11-19/h6-8,10-15,17-18H,3-5,9,16H2,1-2H3,(H,27,28). The maximum atomic E-state index is 5.93. The summed E-state index contributed by atoms with van der Waals surface area (Å²) in [6.07, 6.45) is 4.73. The van der Waals surface area contributed by atoms with Gasteiger partial charge in [0.2, 0.25) is 0 Å². The molecule has 1 N–H and O–H groups in total.